The normalized spacial score (nSPS) is 21.1. The van der Waals surface area contributed by atoms with Crippen LogP contribution in [0, 0.1) is 0 Å². The van der Waals surface area contributed by atoms with Gasteiger partial charge in [0.15, 0.2) is 0 Å². The molecule has 1 aromatic rings. The van der Waals surface area contributed by atoms with Crippen molar-refractivity contribution in [3.05, 3.63) is 29.3 Å². The highest BCUT2D eigenvalue weighted by molar-refractivity contribution is 6.00. The summed E-state index contributed by atoms with van der Waals surface area (Å²) in [5.74, 6) is -0.00469. The molecule has 6 nitrogen and oxygen atoms in total. The Kier molecular flexibility index (Phi) is 4.63. The summed E-state index contributed by atoms with van der Waals surface area (Å²) >= 11 is 0. The Bertz CT molecular complexity index is 617. The highest BCUT2D eigenvalue weighted by Crippen LogP contribution is 2.29. The summed E-state index contributed by atoms with van der Waals surface area (Å²) in [5.41, 5.74) is 2.63. The highest BCUT2D eigenvalue weighted by Gasteiger charge is 2.27. The lowest BCUT2D eigenvalue weighted by molar-refractivity contribution is -0.119. The van der Waals surface area contributed by atoms with Crippen LogP contribution < -0.4 is 15.5 Å². The van der Waals surface area contributed by atoms with Gasteiger partial charge in [0.05, 0.1) is 6.54 Å². The van der Waals surface area contributed by atoms with Crippen molar-refractivity contribution in [2.45, 2.75) is 19.4 Å². The van der Waals surface area contributed by atoms with Crippen LogP contribution in [0.15, 0.2) is 18.2 Å². The van der Waals surface area contributed by atoms with Gasteiger partial charge in [-0.05, 0) is 31.0 Å². The quantitative estimate of drug-likeness (QED) is 0.838. The van der Waals surface area contributed by atoms with Crippen molar-refractivity contribution in [1.82, 2.24) is 15.5 Å². The number of fused-ring (bicyclic) bond motifs is 1. The largest absolute Gasteiger partial charge is 0.355 e. The molecule has 1 fully saturated rings. The molecule has 1 saturated heterocycles. The van der Waals surface area contributed by atoms with Crippen molar-refractivity contribution < 1.29 is 9.59 Å². The molecule has 2 amide bonds. The average molecular weight is 316 g/mol. The smallest absolute Gasteiger partial charge is 0.251 e. The average Bonchev–Trinajstić information content (AvgIpc) is 2.97. The Balaban J connectivity index is 1.73. The van der Waals surface area contributed by atoms with Gasteiger partial charge in [0.25, 0.3) is 5.91 Å². The van der Waals surface area contributed by atoms with Crippen LogP contribution >= 0.6 is 0 Å². The van der Waals surface area contributed by atoms with Gasteiger partial charge in [0, 0.05) is 50.5 Å². The zero-order valence-corrected chi connectivity index (χ0v) is 13.8. The third-order valence-electron chi connectivity index (χ3n) is 4.58. The number of amides is 2. The molecule has 6 heteroatoms. The van der Waals surface area contributed by atoms with E-state index in [9.17, 15) is 9.59 Å². The zero-order chi connectivity index (χ0) is 16.4. The lowest BCUT2D eigenvalue weighted by Gasteiger charge is -2.32. The lowest BCUT2D eigenvalue weighted by atomic mass is 10.1. The first-order valence-corrected chi connectivity index (χ1v) is 8.19. The van der Waals surface area contributed by atoms with Crippen molar-refractivity contribution in [3.63, 3.8) is 0 Å². The predicted molar refractivity (Wildman–Crippen MR) is 89.8 cm³/mol. The molecule has 0 unspecified atom stereocenters. The van der Waals surface area contributed by atoms with Gasteiger partial charge in [0.2, 0.25) is 5.91 Å². The molecule has 0 aliphatic carbocycles. The number of benzene rings is 1. The number of piperazine rings is 1. The molecular weight excluding hydrogens is 292 g/mol. The Morgan fingerprint density at radius 1 is 1.35 bits per heavy atom. The van der Waals surface area contributed by atoms with Crippen molar-refractivity contribution >= 4 is 17.5 Å². The van der Waals surface area contributed by atoms with Crippen molar-refractivity contribution in [2.75, 3.05) is 44.7 Å². The molecule has 3 rings (SSSR count). The summed E-state index contributed by atoms with van der Waals surface area (Å²) < 4.78 is 0. The molecule has 2 N–H and O–H groups in total. The van der Waals surface area contributed by atoms with Crippen molar-refractivity contribution in [1.29, 1.82) is 0 Å². The standard InChI is InChI=1S/C17H24N4O2/c1-12-10-20(8-6-19-12)11-16(22)21-7-5-13-3-4-14(9-15(13)21)17(23)18-2/h3-4,9,12,19H,5-8,10-11H2,1-2H3,(H,18,23)/t12-/m1/s1. The van der Waals surface area contributed by atoms with E-state index in [0.29, 0.717) is 24.7 Å². The van der Waals surface area contributed by atoms with E-state index >= 15 is 0 Å². The second-order valence-electron chi connectivity index (χ2n) is 6.31. The summed E-state index contributed by atoms with van der Waals surface area (Å²) in [7, 11) is 1.62. The number of hydrogen-bond acceptors (Lipinski definition) is 4. The molecule has 0 aromatic heterocycles. The Morgan fingerprint density at radius 3 is 2.91 bits per heavy atom. The monoisotopic (exact) mass is 316 g/mol. The molecule has 23 heavy (non-hydrogen) atoms. The van der Waals surface area contributed by atoms with E-state index in [2.05, 4.69) is 22.5 Å². The van der Waals surface area contributed by atoms with Crippen LogP contribution in [-0.2, 0) is 11.2 Å². The number of hydrogen-bond donors (Lipinski definition) is 2. The summed E-state index contributed by atoms with van der Waals surface area (Å²) in [6.45, 7) is 5.99. The summed E-state index contributed by atoms with van der Waals surface area (Å²) in [4.78, 5) is 28.5. The second-order valence-corrected chi connectivity index (χ2v) is 6.31. The van der Waals surface area contributed by atoms with E-state index in [1.54, 1.807) is 7.05 Å². The fraction of sp³-hybridized carbons (Fsp3) is 0.529. The maximum atomic E-state index is 12.7. The van der Waals surface area contributed by atoms with Gasteiger partial charge in [-0.15, -0.1) is 0 Å². The summed E-state index contributed by atoms with van der Waals surface area (Å²) in [6.07, 6.45) is 0.854. The molecule has 2 aliphatic rings. The number of carbonyl (C=O) groups excluding carboxylic acids is 2. The van der Waals surface area contributed by atoms with E-state index in [1.165, 1.54) is 0 Å². The van der Waals surface area contributed by atoms with Crippen LogP contribution in [0.3, 0.4) is 0 Å². The molecule has 0 saturated carbocycles. The molecule has 0 radical (unpaired) electrons. The number of nitrogens with zero attached hydrogens (tertiary/aromatic N) is 2. The van der Waals surface area contributed by atoms with Gasteiger partial charge in [0.1, 0.15) is 0 Å². The number of anilines is 1. The summed E-state index contributed by atoms with van der Waals surface area (Å²) in [5, 5.41) is 6.02. The second kappa shape index (κ2) is 6.68. The van der Waals surface area contributed by atoms with Crippen LogP contribution in [0.5, 0.6) is 0 Å². The van der Waals surface area contributed by atoms with E-state index in [4.69, 9.17) is 0 Å². The molecule has 124 valence electrons. The predicted octanol–water partition coefficient (Wildman–Crippen LogP) is 0.229. The zero-order valence-electron chi connectivity index (χ0n) is 13.8. The van der Waals surface area contributed by atoms with Crippen LogP contribution in [-0.4, -0.2) is 62.5 Å². The number of rotatable bonds is 3. The number of carbonyl (C=O) groups is 2. The minimum atomic E-state index is -0.122. The van der Waals surface area contributed by atoms with Gasteiger partial charge >= 0.3 is 0 Å². The summed E-state index contributed by atoms with van der Waals surface area (Å²) in [6, 6.07) is 6.03. The SMILES string of the molecule is CNC(=O)c1ccc2c(c1)N(C(=O)CN1CCN[C@H](C)C1)CC2. The van der Waals surface area contributed by atoms with Gasteiger partial charge in [-0.3, -0.25) is 14.5 Å². The first-order chi connectivity index (χ1) is 11.1. The molecule has 2 aliphatic heterocycles. The topological polar surface area (TPSA) is 64.7 Å². The third-order valence-corrected chi connectivity index (χ3v) is 4.58. The molecule has 0 spiro atoms. The fourth-order valence-corrected chi connectivity index (χ4v) is 3.36. The Hall–Kier alpha value is -1.92. The van der Waals surface area contributed by atoms with Gasteiger partial charge in [-0.2, -0.15) is 0 Å². The molecular formula is C17H24N4O2. The third kappa shape index (κ3) is 3.38. The van der Waals surface area contributed by atoms with Gasteiger partial charge < -0.3 is 15.5 Å². The minimum absolute atomic E-state index is 0.118. The minimum Gasteiger partial charge on any atom is -0.355 e. The highest BCUT2D eigenvalue weighted by atomic mass is 16.2. The van der Waals surface area contributed by atoms with E-state index in [1.807, 2.05) is 23.1 Å². The number of nitrogens with one attached hydrogen (secondary N) is 2. The van der Waals surface area contributed by atoms with Crippen LogP contribution in [0.4, 0.5) is 5.69 Å². The molecule has 0 bridgehead atoms. The maximum Gasteiger partial charge on any atom is 0.251 e. The molecule has 1 atom stereocenters. The Morgan fingerprint density at radius 2 is 2.17 bits per heavy atom. The Labute approximate surface area is 136 Å². The van der Waals surface area contributed by atoms with Crippen molar-refractivity contribution in [3.8, 4) is 0 Å². The van der Waals surface area contributed by atoms with Crippen LogP contribution in [0.25, 0.3) is 0 Å². The van der Waals surface area contributed by atoms with Crippen molar-refractivity contribution in [2.24, 2.45) is 0 Å². The van der Waals surface area contributed by atoms with E-state index in [0.717, 1.165) is 37.3 Å². The van der Waals surface area contributed by atoms with E-state index < -0.39 is 0 Å². The molecule has 1 aromatic carbocycles. The van der Waals surface area contributed by atoms with Gasteiger partial charge in [-0.1, -0.05) is 6.07 Å². The molecule has 2 heterocycles. The fourth-order valence-electron chi connectivity index (χ4n) is 3.36. The van der Waals surface area contributed by atoms with Gasteiger partial charge in [-0.25, -0.2) is 0 Å². The first kappa shape index (κ1) is 16.0. The van der Waals surface area contributed by atoms with Crippen LogP contribution in [0.2, 0.25) is 0 Å². The van der Waals surface area contributed by atoms with Crippen LogP contribution in [0.1, 0.15) is 22.8 Å². The lowest BCUT2D eigenvalue weighted by Crippen LogP contribution is -2.52. The maximum absolute atomic E-state index is 12.7. The first-order valence-electron chi connectivity index (χ1n) is 8.19. The van der Waals surface area contributed by atoms with E-state index in [-0.39, 0.29) is 11.8 Å².